The van der Waals surface area contributed by atoms with E-state index in [9.17, 15) is 0 Å². The van der Waals surface area contributed by atoms with Gasteiger partial charge in [0.1, 0.15) is 0 Å². The van der Waals surface area contributed by atoms with E-state index >= 15 is 0 Å². The van der Waals surface area contributed by atoms with Crippen molar-refractivity contribution in [3.05, 3.63) is 65.2 Å². The molecule has 3 nitrogen and oxygen atoms in total. The molecule has 0 bridgehead atoms. The summed E-state index contributed by atoms with van der Waals surface area (Å²) in [5, 5.41) is 3.09. The molecule has 0 fully saturated rings. The molecular formula is C17H22IN3. The number of guanidine groups is 1. The number of aryl methyl sites for hydroxylation is 2. The number of benzene rings is 2. The summed E-state index contributed by atoms with van der Waals surface area (Å²) in [7, 11) is 0. The molecule has 0 saturated carbocycles. The molecule has 0 spiro atoms. The molecule has 0 aliphatic heterocycles. The Morgan fingerprint density at radius 2 is 1.48 bits per heavy atom. The van der Waals surface area contributed by atoms with Crippen LogP contribution in [0, 0.1) is 13.8 Å². The fourth-order valence-electron chi connectivity index (χ4n) is 1.88. The molecule has 4 heteroatoms. The SMILES string of the molecule is Cc1ccc(CCN=C(N)Nc2ccc(C)cc2)cc1.I. The summed E-state index contributed by atoms with van der Waals surface area (Å²) < 4.78 is 0. The van der Waals surface area contributed by atoms with Crippen LogP contribution < -0.4 is 11.1 Å². The predicted octanol–water partition coefficient (Wildman–Crippen LogP) is 3.89. The van der Waals surface area contributed by atoms with Crippen molar-refractivity contribution in [2.24, 2.45) is 10.7 Å². The van der Waals surface area contributed by atoms with Crippen molar-refractivity contribution in [3.8, 4) is 0 Å². The van der Waals surface area contributed by atoms with Crippen molar-refractivity contribution in [2.45, 2.75) is 20.3 Å². The summed E-state index contributed by atoms with van der Waals surface area (Å²) in [5.41, 5.74) is 10.6. The Morgan fingerprint density at radius 3 is 2.05 bits per heavy atom. The highest BCUT2D eigenvalue weighted by molar-refractivity contribution is 14.0. The number of halogens is 1. The van der Waals surface area contributed by atoms with Crippen molar-refractivity contribution >= 4 is 35.6 Å². The van der Waals surface area contributed by atoms with Crippen LogP contribution in [0.4, 0.5) is 5.69 Å². The first-order chi connectivity index (χ1) is 9.63. The van der Waals surface area contributed by atoms with Gasteiger partial charge < -0.3 is 11.1 Å². The van der Waals surface area contributed by atoms with E-state index in [2.05, 4.69) is 48.4 Å². The summed E-state index contributed by atoms with van der Waals surface area (Å²) in [6.45, 7) is 4.84. The van der Waals surface area contributed by atoms with Gasteiger partial charge in [-0.15, -0.1) is 24.0 Å². The summed E-state index contributed by atoms with van der Waals surface area (Å²) in [6.07, 6.45) is 0.899. The van der Waals surface area contributed by atoms with Crippen LogP contribution in [0.5, 0.6) is 0 Å². The zero-order chi connectivity index (χ0) is 14.4. The largest absolute Gasteiger partial charge is 0.370 e. The number of aliphatic imine (C=N–C) groups is 1. The number of nitrogens with zero attached hydrogens (tertiary/aromatic N) is 1. The number of nitrogens with one attached hydrogen (secondary N) is 1. The maximum Gasteiger partial charge on any atom is 0.193 e. The lowest BCUT2D eigenvalue weighted by atomic mass is 10.1. The highest BCUT2D eigenvalue weighted by atomic mass is 127. The molecule has 2 aromatic rings. The van der Waals surface area contributed by atoms with Gasteiger partial charge in [0.05, 0.1) is 0 Å². The second kappa shape index (κ2) is 8.67. The maximum atomic E-state index is 5.87. The van der Waals surface area contributed by atoms with Gasteiger partial charge in [-0.2, -0.15) is 0 Å². The molecule has 0 heterocycles. The first-order valence-corrected chi connectivity index (χ1v) is 6.82. The Balaban J connectivity index is 0.00000220. The molecule has 0 atom stereocenters. The molecule has 0 aromatic heterocycles. The summed E-state index contributed by atoms with van der Waals surface area (Å²) >= 11 is 0. The second-order valence-corrected chi connectivity index (χ2v) is 4.99. The quantitative estimate of drug-likeness (QED) is 0.469. The van der Waals surface area contributed by atoms with E-state index in [0.29, 0.717) is 12.5 Å². The van der Waals surface area contributed by atoms with E-state index in [1.807, 2.05) is 24.3 Å². The summed E-state index contributed by atoms with van der Waals surface area (Å²) in [4.78, 5) is 4.34. The molecule has 2 rings (SSSR count). The number of anilines is 1. The molecule has 0 saturated heterocycles. The van der Waals surface area contributed by atoms with Crippen LogP contribution in [0.1, 0.15) is 16.7 Å². The summed E-state index contributed by atoms with van der Waals surface area (Å²) in [6, 6.07) is 16.6. The topological polar surface area (TPSA) is 50.4 Å². The summed E-state index contributed by atoms with van der Waals surface area (Å²) in [5.74, 6) is 0.459. The Morgan fingerprint density at radius 1 is 0.952 bits per heavy atom. The fourth-order valence-corrected chi connectivity index (χ4v) is 1.88. The number of hydrogen-bond acceptors (Lipinski definition) is 1. The van der Waals surface area contributed by atoms with Crippen molar-refractivity contribution < 1.29 is 0 Å². The minimum Gasteiger partial charge on any atom is -0.370 e. The van der Waals surface area contributed by atoms with Crippen molar-refractivity contribution in [1.82, 2.24) is 0 Å². The van der Waals surface area contributed by atoms with Crippen LogP contribution in [0.15, 0.2) is 53.5 Å². The standard InChI is InChI=1S/C17H21N3.HI/c1-13-3-7-15(8-4-13)11-12-19-17(18)20-16-9-5-14(2)6-10-16;/h3-10H,11-12H2,1-2H3,(H3,18,19,20);1H. The van der Waals surface area contributed by atoms with Crippen LogP contribution in [0.2, 0.25) is 0 Å². The normalized spacial score (nSPS) is 10.9. The van der Waals surface area contributed by atoms with Gasteiger partial charge in [-0.05, 0) is 38.0 Å². The number of rotatable bonds is 4. The van der Waals surface area contributed by atoms with E-state index in [4.69, 9.17) is 5.73 Å². The lowest BCUT2D eigenvalue weighted by Gasteiger charge is -2.06. The third-order valence-electron chi connectivity index (χ3n) is 3.13. The molecule has 2 aromatic carbocycles. The zero-order valence-corrected chi connectivity index (χ0v) is 14.8. The Hall–Kier alpha value is -1.56. The third-order valence-corrected chi connectivity index (χ3v) is 3.13. The highest BCUT2D eigenvalue weighted by Crippen LogP contribution is 2.08. The third kappa shape index (κ3) is 6.16. The van der Waals surface area contributed by atoms with Gasteiger partial charge in [0, 0.05) is 12.2 Å². The predicted molar refractivity (Wildman–Crippen MR) is 102 cm³/mol. The Kier molecular flexibility index (Phi) is 7.22. The molecule has 0 unspecified atom stereocenters. The first kappa shape index (κ1) is 17.5. The fraction of sp³-hybridized carbons (Fsp3) is 0.235. The van der Waals surface area contributed by atoms with Crippen LogP contribution in [-0.2, 0) is 6.42 Å². The molecule has 21 heavy (non-hydrogen) atoms. The zero-order valence-electron chi connectivity index (χ0n) is 12.5. The van der Waals surface area contributed by atoms with Gasteiger partial charge in [-0.3, -0.25) is 4.99 Å². The van der Waals surface area contributed by atoms with Crippen LogP contribution in [0.3, 0.4) is 0 Å². The highest BCUT2D eigenvalue weighted by Gasteiger charge is 1.95. The molecule has 0 amide bonds. The van der Waals surface area contributed by atoms with Gasteiger partial charge in [0.2, 0.25) is 0 Å². The molecule has 0 radical (unpaired) electrons. The smallest absolute Gasteiger partial charge is 0.193 e. The van der Waals surface area contributed by atoms with E-state index in [1.54, 1.807) is 0 Å². The maximum absolute atomic E-state index is 5.87. The lowest BCUT2D eigenvalue weighted by Crippen LogP contribution is -2.23. The van der Waals surface area contributed by atoms with E-state index in [1.165, 1.54) is 16.7 Å². The van der Waals surface area contributed by atoms with Gasteiger partial charge in [-0.25, -0.2) is 0 Å². The molecule has 3 N–H and O–H groups in total. The van der Waals surface area contributed by atoms with Crippen LogP contribution in [0.25, 0.3) is 0 Å². The van der Waals surface area contributed by atoms with Gasteiger partial charge in [0.15, 0.2) is 5.96 Å². The van der Waals surface area contributed by atoms with Crippen LogP contribution in [-0.4, -0.2) is 12.5 Å². The van der Waals surface area contributed by atoms with E-state index in [0.717, 1.165) is 12.1 Å². The number of hydrogen-bond donors (Lipinski definition) is 2. The monoisotopic (exact) mass is 395 g/mol. The minimum atomic E-state index is 0. The first-order valence-electron chi connectivity index (χ1n) is 6.82. The molecular weight excluding hydrogens is 373 g/mol. The average Bonchev–Trinajstić information content (AvgIpc) is 2.44. The van der Waals surface area contributed by atoms with Gasteiger partial charge in [0.25, 0.3) is 0 Å². The minimum absolute atomic E-state index is 0. The number of nitrogens with two attached hydrogens (primary N) is 1. The van der Waals surface area contributed by atoms with E-state index < -0.39 is 0 Å². The molecule has 0 aliphatic carbocycles. The van der Waals surface area contributed by atoms with Crippen molar-refractivity contribution in [1.29, 1.82) is 0 Å². The van der Waals surface area contributed by atoms with Crippen LogP contribution >= 0.6 is 24.0 Å². The second-order valence-electron chi connectivity index (χ2n) is 4.99. The Labute approximate surface area is 143 Å². The average molecular weight is 395 g/mol. The van der Waals surface area contributed by atoms with Crippen molar-refractivity contribution in [3.63, 3.8) is 0 Å². The lowest BCUT2D eigenvalue weighted by molar-refractivity contribution is 0.964. The molecule has 0 aliphatic rings. The van der Waals surface area contributed by atoms with Crippen molar-refractivity contribution in [2.75, 3.05) is 11.9 Å². The van der Waals surface area contributed by atoms with Gasteiger partial charge >= 0.3 is 0 Å². The Bertz CT molecular complexity index is 574. The molecule has 112 valence electrons. The van der Waals surface area contributed by atoms with Gasteiger partial charge in [-0.1, -0.05) is 47.5 Å². The van der Waals surface area contributed by atoms with E-state index in [-0.39, 0.29) is 24.0 Å².